The van der Waals surface area contributed by atoms with Crippen LogP contribution in [0.2, 0.25) is 20.1 Å². The Morgan fingerprint density at radius 2 is 0.833 bits per heavy atom. The molecule has 0 radical (unpaired) electrons. The monoisotopic (exact) mass is 1680 g/mol. The molecule has 3 amide bonds. The first-order valence-electron chi connectivity index (χ1n) is 41.7. The first-order chi connectivity index (χ1) is 58.1. The maximum atomic E-state index is 13.6. The van der Waals surface area contributed by atoms with Gasteiger partial charge in [-0.1, -0.05) is 194 Å². The number of ether oxygens (including phenoxy) is 2. The van der Waals surface area contributed by atoms with Crippen LogP contribution >= 0.6 is 46.4 Å². The predicted octanol–water partition coefficient (Wildman–Crippen LogP) is 22.6. The van der Waals surface area contributed by atoms with Crippen LogP contribution < -0.4 is 16.0 Å². The van der Waals surface area contributed by atoms with Gasteiger partial charge >= 0.3 is 0 Å². The van der Waals surface area contributed by atoms with Gasteiger partial charge in [-0.3, -0.25) is 19.3 Å². The van der Waals surface area contributed by atoms with Gasteiger partial charge < -0.3 is 35.2 Å². The number of hydrogen-bond donors (Lipinski definition) is 3. The lowest BCUT2D eigenvalue weighted by atomic mass is 9.69. The molecule has 0 bridgehead atoms. The summed E-state index contributed by atoms with van der Waals surface area (Å²) in [6, 6.07) is 77.9. The maximum Gasteiger partial charge on any atom is 0.250 e. The van der Waals surface area contributed by atoms with Crippen LogP contribution in [0, 0.1) is 63.4 Å². The standard InChI is InChI=1S/C35H31Cl2N3O2.C34H37Cl2N3O2.C31H31F2N3O/c36-30-19-31(37)21-32(20-30)39-34(41)23-42-35(29-10-8-25(9-11-29)26-7-3-4-24(16-26)22-38)12-14-40(15-13-35)33-17-27-5-1-2-6-28(27)18-33;1-23-14-24(2)16-32(15-23)39-12-10-34(11-13-39,41-22-33(40)38-31-19-29(35)18-30(36)20-31)28-8-6-26(7-9-28)27-5-3-4-25(17-27)21-37;32-28-11-10-27(19-29(28)33)35-30(37)12-13-31(14-16-36(17-15-31)21-22-4-5-22)26-8-6-24(7-9-26)25-3-1-2-23(18-25)20-34/h1-11,16,19-21,33H,12-15,17-18,23H2,(H,39,41);3-9,17-20,23-24,32H,10-16,22H2,1-2H3,(H,38,40);1-3,6-11,18-19,22H,4-5,12-17,21H2,(H,35,37). The number of fused-ring (bicyclic) bond motifs is 1. The third-order valence-electron chi connectivity index (χ3n) is 25.0. The van der Waals surface area contributed by atoms with Crippen molar-refractivity contribution in [2.75, 3.05) is 75.0 Å². The largest absolute Gasteiger partial charge is 0.360 e. The highest BCUT2D eigenvalue weighted by Gasteiger charge is 2.44. The van der Waals surface area contributed by atoms with Crippen LogP contribution in [0.5, 0.6) is 0 Å². The number of rotatable bonds is 22. The zero-order chi connectivity index (χ0) is 83.9. The number of hydrogen-bond acceptors (Lipinski definition) is 11. The third-order valence-corrected chi connectivity index (χ3v) is 25.9. The van der Waals surface area contributed by atoms with Crippen LogP contribution in [0.15, 0.2) is 224 Å². The van der Waals surface area contributed by atoms with Crippen molar-refractivity contribution in [1.82, 2.24) is 14.7 Å². The van der Waals surface area contributed by atoms with Gasteiger partial charge in [0.15, 0.2) is 11.6 Å². The van der Waals surface area contributed by atoms with E-state index in [1.165, 1.54) is 61.4 Å². The molecular weight excluding hydrogens is 1590 g/mol. The summed E-state index contributed by atoms with van der Waals surface area (Å²) in [6.07, 6.45) is 14.7. The fourth-order valence-corrected chi connectivity index (χ4v) is 19.6. The number of nitrogens with one attached hydrogen (secondary N) is 3. The average molecular weight is 1690 g/mol. The molecule has 2 unspecified atom stereocenters. The molecule has 3 N–H and O–H groups in total. The fourth-order valence-electron chi connectivity index (χ4n) is 18.5. The van der Waals surface area contributed by atoms with E-state index in [4.69, 9.17) is 55.9 Å². The van der Waals surface area contributed by atoms with E-state index in [-0.39, 0.29) is 42.0 Å². The van der Waals surface area contributed by atoms with Crippen LogP contribution in [0.1, 0.15) is 142 Å². The zero-order valence-electron chi connectivity index (χ0n) is 67.7. The van der Waals surface area contributed by atoms with Crippen LogP contribution in [0.4, 0.5) is 25.8 Å². The van der Waals surface area contributed by atoms with E-state index in [9.17, 15) is 39.0 Å². The lowest BCUT2D eigenvalue weighted by Gasteiger charge is -2.47. The minimum Gasteiger partial charge on any atom is -0.360 e. The molecule has 5 fully saturated rings. The van der Waals surface area contributed by atoms with Gasteiger partial charge in [0.1, 0.15) is 13.2 Å². The normalized spacial score (nSPS) is 18.8. The zero-order valence-corrected chi connectivity index (χ0v) is 70.7. The summed E-state index contributed by atoms with van der Waals surface area (Å²) in [4.78, 5) is 46.5. The van der Waals surface area contributed by atoms with E-state index in [0.717, 1.165) is 165 Å². The molecule has 6 aliphatic rings. The molecule has 2 atom stereocenters. The fraction of sp³-hybridized carbons (Fsp3) is 0.340. The molecule has 3 aliphatic carbocycles. The van der Waals surface area contributed by atoms with Gasteiger partial charge in [0.05, 0.1) is 46.1 Å². The second-order valence-electron chi connectivity index (χ2n) is 33.5. The second kappa shape index (κ2) is 39.6. The number of halogens is 6. The Bertz CT molecular complexity index is 5340. The lowest BCUT2D eigenvalue weighted by Crippen LogP contribution is -2.50. The van der Waals surface area contributed by atoms with E-state index in [2.05, 4.69) is 160 Å². The van der Waals surface area contributed by atoms with Crippen molar-refractivity contribution in [3.8, 4) is 51.6 Å². The summed E-state index contributed by atoms with van der Waals surface area (Å²) in [6.45, 7) is 11.4. The van der Waals surface area contributed by atoms with Gasteiger partial charge in [-0.05, 0) is 272 Å². The molecule has 120 heavy (non-hydrogen) atoms. The second-order valence-corrected chi connectivity index (χ2v) is 35.2. The predicted molar refractivity (Wildman–Crippen MR) is 475 cm³/mol. The van der Waals surface area contributed by atoms with Crippen molar-refractivity contribution in [3.05, 3.63) is 301 Å². The molecule has 3 heterocycles. The topological polar surface area (TPSA) is 187 Å². The molecule has 2 saturated carbocycles. The van der Waals surface area contributed by atoms with Crippen LogP contribution in [-0.4, -0.2) is 104 Å². The van der Waals surface area contributed by atoms with Gasteiger partial charge in [0, 0.05) is 94.4 Å². The minimum absolute atomic E-state index is 0.0758. The van der Waals surface area contributed by atoms with Crippen molar-refractivity contribution < 1.29 is 32.6 Å². The Morgan fingerprint density at radius 1 is 0.425 bits per heavy atom. The van der Waals surface area contributed by atoms with Crippen molar-refractivity contribution in [2.24, 2.45) is 17.8 Å². The number of anilines is 3. The molecule has 14 nitrogen and oxygen atoms in total. The smallest absolute Gasteiger partial charge is 0.250 e. The highest BCUT2D eigenvalue weighted by atomic mass is 35.5. The molecule has 10 aromatic rings. The highest BCUT2D eigenvalue weighted by molar-refractivity contribution is 6.35. The van der Waals surface area contributed by atoms with E-state index in [0.29, 0.717) is 73.1 Å². The molecular formula is C100H99Cl4F2N9O5. The van der Waals surface area contributed by atoms with Gasteiger partial charge in [-0.2, -0.15) is 15.8 Å². The summed E-state index contributed by atoms with van der Waals surface area (Å²) in [7, 11) is 0. The van der Waals surface area contributed by atoms with Crippen LogP contribution in [-0.2, 0) is 53.3 Å². The van der Waals surface area contributed by atoms with Gasteiger partial charge in [0.25, 0.3) is 0 Å². The Balaban J connectivity index is 0.000000148. The first-order valence-corrected chi connectivity index (χ1v) is 43.2. The van der Waals surface area contributed by atoms with E-state index < -0.39 is 22.8 Å². The summed E-state index contributed by atoms with van der Waals surface area (Å²) < 4.78 is 39.9. The molecule has 0 aromatic heterocycles. The highest BCUT2D eigenvalue weighted by Crippen LogP contribution is 2.46. The Morgan fingerprint density at radius 3 is 1.24 bits per heavy atom. The van der Waals surface area contributed by atoms with Crippen LogP contribution in [0.3, 0.4) is 0 Å². The van der Waals surface area contributed by atoms with Crippen molar-refractivity contribution in [2.45, 2.75) is 139 Å². The molecule has 616 valence electrons. The number of nitrogens with zero attached hydrogens (tertiary/aromatic N) is 6. The summed E-state index contributed by atoms with van der Waals surface area (Å²) >= 11 is 24.5. The average Bonchev–Trinajstić information content (AvgIpc) is 1.48. The lowest BCUT2D eigenvalue weighted by molar-refractivity contribution is -0.136. The Hall–Kier alpha value is -10.1. The number of benzene rings is 10. The molecule has 20 heteroatoms. The number of carbonyl (C=O) groups is 3. The number of piperidine rings is 3. The Labute approximate surface area is 723 Å². The molecule has 16 rings (SSSR count). The summed E-state index contributed by atoms with van der Waals surface area (Å²) in [5.74, 6) is -0.259. The minimum atomic E-state index is -0.974. The molecule has 10 aromatic carbocycles. The first kappa shape index (κ1) is 86.3. The Kier molecular flexibility index (Phi) is 28.5. The molecule has 3 saturated heterocycles. The molecule has 0 spiro atoms. The van der Waals surface area contributed by atoms with E-state index in [1.54, 1.807) is 48.5 Å². The number of carbonyl (C=O) groups excluding carboxylic acids is 3. The van der Waals surface area contributed by atoms with Crippen LogP contribution in [0.25, 0.3) is 33.4 Å². The number of nitriles is 3. The van der Waals surface area contributed by atoms with E-state index in [1.807, 2.05) is 60.7 Å². The summed E-state index contributed by atoms with van der Waals surface area (Å²) in [5.41, 5.74) is 14.3. The third kappa shape index (κ3) is 22.3. The number of amides is 3. The maximum absolute atomic E-state index is 13.6. The quantitative estimate of drug-likeness (QED) is 0.0586. The summed E-state index contributed by atoms with van der Waals surface area (Å²) in [5, 5.41) is 38.2. The number of likely N-dealkylation sites (tertiary alicyclic amines) is 3. The van der Waals surface area contributed by atoms with Gasteiger partial charge in [0.2, 0.25) is 17.7 Å². The van der Waals surface area contributed by atoms with Crippen molar-refractivity contribution >= 4 is 81.2 Å². The van der Waals surface area contributed by atoms with Gasteiger partial charge in [-0.25, -0.2) is 8.78 Å². The van der Waals surface area contributed by atoms with Crippen molar-refractivity contribution in [1.29, 1.82) is 15.8 Å². The molecule has 3 aliphatic heterocycles. The van der Waals surface area contributed by atoms with E-state index >= 15 is 0 Å². The van der Waals surface area contributed by atoms with Gasteiger partial charge in [-0.15, -0.1) is 0 Å². The van der Waals surface area contributed by atoms with Crippen molar-refractivity contribution in [3.63, 3.8) is 0 Å². The SMILES string of the molecule is CC1CC(C)CC(N2CCC(OCC(=O)Nc3cc(Cl)cc(Cl)c3)(c3ccc(-c4cccc(C#N)c4)cc3)CC2)C1.N#Cc1cccc(-c2ccc(C3(CCC(=O)Nc4ccc(F)c(F)c4)CCN(CC4CC4)CC3)cc2)c1.N#Cc1cccc(-c2ccc(C3(OCC(=O)Nc4cc(Cl)cc(Cl)c4)CCN(C4Cc5ccccc5C4)CC3)cc2)c1.